The molecule has 4 rings (SSSR count). The van der Waals surface area contributed by atoms with Crippen molar-refractivity contribution in [2.75, 3.05) is 38.8 Å². The third-order valence-corrected chi connectivity index (χ3v) is 7.43. The molecule has 0 amide bonds. The van der Waals surface area contributed by atoms with Crippen LogP contribution in [0.25, 0.3) is 11.3 Å². The molecule has 3 heterocycles. The number of rotatable bonds is 10. The van der Waals surface area contributed by atoms with E-state index < -0.39 is 0 Å². The average molecular weight is 487 g/mol. The van der Waals surface area contributed by atoms with Gasteiger partial charge in [0.1, 0.15) is 5.82 Å². The van der Waals surface area contributed by atoms with Gasteiger partial charge in [-0.05, 0) is 81.9 Å². The van der Waals surface area contributed by atoms with Crippen LogP contribution in [-0.4, -0.2) is 55.5 Å². The smallest absolute Gasteiger partial charge is 0.126 e. The van der Waals surface area contributed by atoms with Gasteiger partial charge in [-0.2, -0.15) is 0 Å². The first-order valence-electron chi connectivity index (χ1n) is 12.8. The van der Waals surface area contributed by atoms with Crippen LogP contribution in [0.15, 0.2) is 30.5 Å². The van der Waals surface area contributed by atoms with Crippen molar-refractivity contribution in [3.63, 3.8) is 0 Å². The molecular weight excluding hydrogens is 448 g/mol. The average Bonchev–Trinajstić information content (AvgIpc) is 2.86. The van der Waals surface area contributed by atoms with Gasteiger partial charge in [0.15, 0.2) is 0 Å². The highest BCUT2D eigenvalue weighted by atomic mass is 35.5. The fourth-order valence-corrected chi connectivity index (χ4v) is 5.40. The molecule has 2 aromatic heterocycles. The Hall–Kier alpha value is -1.73. The van der Waals surface area contributed by atoms with Gasteiger partial charge < -0.3 is 20.1 Å². The summed E-state index contributed by atoms with van der Waals surface area (Å²) >= 11 is 6.56. The molecule has 1 saturated heterocycles. The van der Waals surface area contributed by atoms with Crippen LogP contribution in [0.4, 0.5) is 5.82 Å². The molecule has 1 aliphatic heterocycles. The number of nitrogens with zero attached hydrogens (tertiary/aromatic N) is 2. The first kappa shape index (κ1) is 25.4. The van der Waals surface area contributed by atoms with Crippen LogP contribution in [0, 0.1) is 11.8 Å². The summed E-state index contributed by atoms with van der Waals surface area (Å²) in [6.07, 6.45) is 9.86. The molecule has 0 spiro atoms. The van der Waals surface area contributed by atoms with Gasteiger partial charge in [-0.3, -0.25) is 4.98 Å². The van der Waals surface area contributed by atoms with Gasteiger partial charge in [-0.15, -0.1) is 0 Å². The lowest BCUT2D eigenvalue weighted by atomic mass is 9.83. The first-order valence-corrected chi connectivity index (χ1v) is 13.2. The normalized spacial score (nSPS) is 22.4. The molecule has 1 aliphatic carbocycles. The second kappa shape index (κ2) is 12.8. The highest BCUT2D eigenvalue weighted by molar-refractivity contribution is 6.33. The van der Waals surface area contributed by atoms with Gasteiger partial charge in [0.2, 0.25) is 0 Å². The molecule has 7 heteroatoms. The minimum absolute atomic E-state index is 0.404. The van der Waals surface area contributed by atoms with E-state index in [4.69, 9.17) is 26.1 Å². The van der Waals surface area contributed by atoms with E-state index >= 15 is 0 Å². The highest BCUT2D eigenvalue weighted by Crippen LogP contribution is 2.31. The number of hydrogen-bond donors (Lipinski definition) is 2. The van der Waals surface area contributed by atoms with Crippen LogP contribution in [-0.2, 0) is 15.9 Å². The number of pyridine rings is 2. The molecule has 6 nitrogen and oxygen atoms in total. The van der Waals surface area contributed by atoms with Crippen molar-refractivity contribution in [3.05, 3.63) is 41.2 Å². The first-order chi connectivity index (χ1) is 16.6. The third kappa shape index (κ3) is 7.38. The predicted octanol–water partition coefficient (Wildman–Crippen LogP) is 5.36. The summed E-state index contributed by atoms with van der Waals surface area (Å²) in [5.41, 5.74) is 2.96. The molecule has 0 unspecified atom stereocenters. The molecule has 0 bridgehead atoms. The summed E-state index contributed by atoms with van der Waals surface area (Å²) in [5, 5.41) is 7.86. The van der Waals surface area contributed by atoms with E-state index in [9.17, 15) is 0 Å². The summed E-state index contributed by atoms with van der Waals surface area (Å²) in [6.45, 7) is 5.60. The quantitative estimate of drug-likeness (QED) is 0.471. The number of hydrogen-bond acceptors (Lipinski definition) is 6. The maximum Gasteiger partial charge on any atom is 0.126 e. The molecular formula is C27H39ClN4O2. The number of halogens is 1. The Balaban J connectivity index is 1.34. The van der Waals surface area contributed by atoms with Crippen LogP contribution in [0.2, 0.25) is 5.02 Å². The summed E-state index contributed by atoms with van der Waals surface area (Å²) in [7, 11) is 1.76. The number of methoxy groups -OCH3 is 1. The topological polar surface area (TPSA) is 68.3 Å². The van der Waals surface area contributed by atoms with Crippen molar-refractivity contribution in [2.24, 2.45) is 11.8 Å². The van der Waals surface area contributed by atoms with Crippen LogP contribution in [0.1, 0.15) is 51.1 Å². The van der Waals surface area contributed by atoms with Gasteiger partial charge in [0, 0.05) is 56.4 Å². The van der Waals surface area contributed by atoms with E-state index in [0.717, 1.165) is 68.4 Å². The molecule has 1 saturated carbocycles. The number of anilines is 1. The van der Waals surface area contributed by atoms with Crippen molar-refractivity contribution in [3.8, 4) is 11.3 Å². The summed E-state index contributed by atoms with van der Waals surface area (Å²) in [4.78, 5) is 9.51. The van der Waals surface area contributed by atoms with Crippen LogP contribution in [0.3, 0.4) is 0 Å². The Morgan fingerprint density at radius 2 is 1.91 bits per heavy atom. The lowest BCUT2D eigenvalue weighted by Gasteiger charge is -2.31. The van der Waals surface area contributed by atoms with Gasteiger partial charge in [0.25, 0.3) is 0 Å². The van der Waals surface area contributed by atoms with Crippen LogP contribution in [0.5, 0.6) is 0 Å². The number of ether oxygens (including phenoxy) is 2. The summed E-state index contributed by atoms with van der Waals surface area (Å²) < 4.78 is 10.7. The van der Waals surface area contributed by atoms with Gasteiger partial charge in [-0.25, -0.2) is 4.98 Å². The van der Waals surface area contributed by atoms with Gasteiger partial charge >= 0.3 is 0 Å². The maximum atomic E-state index is 6.56. The highest BCUT2D eigenvalue weighted by Gasteiger charge is 2.23. The van der Waals surface area contributed by atoms with Crippen LogP contribution >= 0.6 is 11.6 Å². The Bertz CT molecular complexity index is 898. The fraction of sp³-hybridized carbons (Fsp3) is 0.630. The molecule has 1 atom stereocenters. The zero-order valence-corrected chi connectivity index (χ0v) is 21.3. The van der Waals surface area contributed by atoms with E-state index in [1.54, 1.807) is 13.3 Å². The second-order valence-corrected chi connectivity index (χ2v) is 10.4. The molecule has 34 heavy (non-hydrogen) atoms. The fourth-order valence-electron chi connectivity index (χ4n) is 5.20. The van der Waals surface area contributed by atoms with Crippen molar-refractivity contribution < 1.29 is 9.47 Å². The number of nitrogens with one attached hydrogen (secondary N) is 2. The third-order valence-electron chi connectivity index (χ3n) is 7.13. The van der Waals surface area contributed by atoms with Crippen molar-refractivity contribution in [1.29, 1.82) is 0 Å². The van der Waals surface area contributed by atoms with Crippen molar-refractivity contribution in [2.45, 2.75) is 64.0 Å². The Morgan fingerprint density at radius 3 is 2.68 bits per heavy atom. The molecule has 0 radical (unpaired) electrons. The number of aromatic nitrogens is 2. The SMILES string of the molecule is COC[C@@H](C)NC1CCC(Cc2cc(-c3cccc(NCC4CCOCC4)n3)c(Cl)cn2)CC1. The maximum absolute atomic E-state index is 6.56. The summed E-state index contributed by atoms with van der Waals surface area (Å²) in [5.74, 6) is 2.20. The summed E-state index contributed by atoms with van der Waals surface area (Å²) in [6, 6.07) is 9.24. The zero-order valence-electron chi connectivity index (χ0n) is 20.6. The van der Waals surface area contributed by atoms with E-state index in [-0.39, 0.29) is 0 Å². The Labute approximate surface area is 209 Å². The van der Waals surface area contributed by atoms with Crippen LogP contribution < -0.4 is 10.6 Å². The molecule has 2 fully saturated rings. The standard InChI is InChI=1S/C27H39ClN4O2/c1-19(18-33-2)31-22-8-6-20(7-9-22)14-23-15-24(25(28)17-29-23)26-4-3-5-27(32-26)30-16-21-10-12-34-13-11-21/h3-5,15,17,19-22,31H,6-14,16,18H2,1-2H3,(H,30,32)/t19-,20?,22?/m1/s1. The van der Waals surface area contributed by atoms with E-state index in [2.05, 4.69) is 28.6 Å². The lowest BCUT2D eigenvalue weighted by Crippen LogP contribution is -2.41. The van der Waals surface area contributed by atoms with E-state index in [0.29, 0.717) is 28.9 Å². The zero-order chi connectivity index (χ0) is 23.8. The van der Waals surface area contributed by atoms with Crippen molar-refractivity contribution in [1.82, 2.24) is 15.3 Å². The molecule has 2 aliphatic rings. The lowest BCUT2D eigenvalue weighted by molar-refractivity contribution is 0.0699. The molecule has 2 N–H and O–H groups in total. The Morgan fingerprint density at radius 1 is 1.12 bits per heavy atom. The monoisotopic (exact) mass is 486 g/mol. The van der Waals surface area contributed by atoms with Gasteiger partial charge in [0.05, 0.1) is 17.3 Å². The Kier molecular flexibility index (Phi) is 9.57. The largest absolute Gasteiger partial charge is 0.383 e. The van der Waals surface area contributed by atoms with E-state index in [1.165, 1.54) is 25.7 Å². The molecule has 0 aromatic carbocycles. The van der Waals surface area contributed by atoms with Gasteiger partial charge in [-0.1, -0.05) is 17.7 Å². The molecule has 2 aromatic rings. The predicted molar refractivity (Wildman–Crippen MR) is 138 cm³/mol. The minimum atomic E-state index is 0.404. The minimum Gasteiger partial charge on any atom is -0.383 e. The van der Waals surface area contributed by atoms with E-state index in [1.807, 2.05) is 18.2 Å². The second-order valence-electron chi connectivity index (χ2n) is 9.95. The molecule has 186 valence electrons. The van der Waals surface area contributed by atoms with Crippen molar-refractivity contribution >= 4 is 17.4 Å².